The van der Waals surface area contributed by atoms with Crippen LogP contribution in [0.1, 0.15) is 17.0 Å². The molecule has 1 aromatic heterocycles. The molecule has 1 aliphatic rings. The van der Waals surface area contributed by atoms with Crippen LogP contribution < -0.4 is 0 Å². The quantitative estimate of drug-likeness (QED) is 0.690. The van der Waals surface area contributed by atoms with Crippen LogP contribution in [0.15, 0.2) is 12.4 Å². The van der Waals surface area contributed by atoms with Gasteiger partial charge in [-0.3, -0.25) is 9.69 Å². The summed E-state index contributed by atoms with van der Waals surface area (Å²) in [5, 5.41) is 0. The van der Waals surface area contributed by atoms with Crippen molar-refractivity contribution in [2.45, 2.75) is 12.5 Å². The summed E-state index contributed by atoms with van der Waals surface area (Å²) >= 11 is 0. The van der Waals surface area contributed by atoms with E-state index in [-0.39, 0.29) is 11.8 Å². The first-order chi connectivity index (χ1) is 8.09. The number of hydrogen-bond donors (Lipinski definition) is 0. The van der Waals surface area contributed by atoms with Gasteiger partial charge in [0.25, 0.3) is 0 Å². The largest absolute Gasteiger partial charge is 0.332 e. The van der Waals surface area contributed by atoms with Crippen molar-refractivity contribution in [1.82, 2.24) is 19.4 Å². The van der Waals surface area contributed by atoms with Gasteiger partial charge < -0.3 is 9.47 Å². The number of imidazole rings is 1. The Hall–Kier alpha value is -1.20. The second-order valence-corrected chi connectivity index (χ2v) is 4.84. The van der Waals surface area contributed by atoms with Gasteiger partial charge in [0.05, 0.1) is 6.04 Å². The number of Topliss-reactive ketones (excluding diaryl/α,β-unsaturated/α-hetero) is 1. The number of nitrogens with zero attached hydrogens (tertiary/aromatic N) is 4. The summed E-state index contributed by atoms with van der Waals surface area (Å²) in [4.78, 5) is 20.9. The molecular formula is C12H20N4O. The Balaban J connectivity index is 2.19. The highest BCUT2D eigenvalue weighted by molar-refractivity contribution is 5.97. The summed E-state index contributed by atoms with van der Waals surface area (Å²) in [5.41, 5.74) is 0. The number of carbonyl (C=O) groups excluding carboxylic acids is 1. The van der Waals surface area contributed by atoms with E-state index in [1.165, 1.54) is 0 Å². The lowest BCUT2D eigenvalue weighted by molar-refractivity contribution is 0.0825. The Morgan fingerprint density at radius 2 is 2.12 bits per heavy atom. The lowest BCUT2D eigenvalue weighted by Crippen LogP contribution is -2.44. The van der Waals surface area contributed by atoms with Crippen molar-refractivity contribution >= 4 is 5.78 Å². The normalized spacial score (nSPS) is 23.6. The molecule has 2 rings (SSSR count). The van der Waals surface area contributed by atoms with Crippen LogP contribution in [0.4, 0.5) is 0 Å². The number of hydrogen-bond acceptors (Lipinski definition) is 4. The summed E-state index contributed by atoms with van der Waals surface area (Å²) in [6, 6.07) is -0.0800. The van der Waals surface area contributed by atoms with Gasteiger partial charge in [-0.25, -0.2) is 4.98 Å². The van der Waals surface area contributed by atoms with Gasteiger partial charge in [0.2, 0.25) is 5.78 Å². The number of carbonyl (C=O) groups is 1. The summed E-state index contributed by atoms with van der Waals surface area (Å²) in [5.74, 6) is 0.672. The number of likely N-dealkylation sites (N-methyl/N-ethyl adjacent to an activating group) is 2. The van der Waals surface area contributed by atoms with Crippen LogP contribution in [0, 0.1) is 0 Å². The summed E-state index contributed by atoms with van der Waals surface area (Å²) in [7, 11) is 5.95. The minimum absolute atomic E-state index is 0.0800. The highest BCUT2D eigenvalue weighted by Gasteiger charge is 2.29. The van der Waals surface area contributed by atoms with E-state index in [9.17, 15) is 4.79 Å². The molecule has 1 unspecified atom stereocenters. The van der Waals surface area contributed by atoms with Gasteiger partial charge in [0.1, 0.15) is 0 Å². The Morgan fingerprint density at radius 3 is 2.76 bits per heavy atom. The second-order valence-electron chi connectivity index (χ2n) is 4.84. The highest BCUT2D eigenvalue weighted by atomic mass is 16.1. The molecule has 0 aliphatic carbocycles. The molecule has 1 aromatic rings. The smallest absolute Gasteiger partial charge is 0.216 e. The predicted molar refractivity (Wildman–Crippen MR) is 66.1 cm³/mol. The first-order valence-electron chi connectivity index (χ1n) is 6.00. The molecule has 1 fully saturated rings. The zero-order valence-electron chi connectivity index (χ0n) is 10.8. The fourth-order valence-electron chi connectivity index (χ4n) is 2.31. The standard InChI is InChI=1S/C12H20N4O/c1-14-6-4-7-15(2)10(9-14)11(17)12-13-5-8-16(12)3/h5,8,10H,4,6-7,9H2,1-3H3. The number of ketones is 1. The SMILES string of the molecule is CN1CCCN(C)C(C(=O)c2nccn2C)C1. The van der Waals surface area contributed by atoms with Crippen LogP contribution in [-0.2, 0) is 7.05 Å². The van der Waals surface area contributed by atoms with Crippen molar-refractivity contribution in [3.63, 3.8) is 0 Å². The Morgan fingerprint density at radius 1 is 1.35 bits per heavy atom. The zero-order chi connectivity index (χ0) is 12.4. The molecule has 1 atom stereocenters. The fraction of sp³-hybridized carbons (Fsp3) is 0.667. The third-order valence-corrected chi connectivity index (χ3v) is 3.41. The molecule has 0 aromatic carbocycles. The number of aryl methyl sites for hydroxylation is 1. The van der Waals surface area contributed by atoms with E-state index < -0.39 is 0 Å². The maximum absolute atomic E-state index is 12.4. The average Bonchev–Trinajstić information content (AvgIpc) is 2.63. The highest BCUT2D eigenvalue weighted by Crippen LogP contribution is 2.11. The van der Waals surface area contributed by atoms with Crippen molar-refractivity contribution in [2.24, 2.45) is 7.05 Å². The molecule has 2 heterocycles. The molecule has 0 N–H and O–H groups in total. The van der Waals surface area contributed by atoms with Gasteiger partial charge >= 0.3 is 0 Å². The maximum Gasteiger partial charge on any atom is 0.216 e. The van der Waals surface area contributed by atoms with Crippen LogP contribution in [0.5, 0.6) is 0 Å². The zero-order valence-corrected chi connectivity index (χ0v) is 10.8. The topological polar surface area (TPSA) is 41.4 Å². The first kappa shape index (κ1) is 12.3. The molecule has 0 bridgehead atoms. The lowest BCUT2D eigenvalue weighted by Gasteiger charge is -2.25. The number of rotatable bonds is 2. The van der Waals surface area contributed by atoms with E-state index in [4.69, 9.17) is 0 Å². The minimum Gasteiger partial charge on any atom is -0.332 e. The van der Waals surface area contributed by atoms with Crippen LogP contribution >= 0.6 is 0 Å². The summed E-state index contributed by atoms with van der Waals surface area (Å²) < 4.78 is 1.79. The van der Waals surface area contributed by atoms with Gasteiger partial charge in [-0.2, -0.15) is 0 Å². The van der Waals surface area contributed by atoms with E-state index in [2.05, 4.69) is 21.8 Å². The molecule has 1 saturated heterocycles. The molecule has 0 amide bonds. The minimum atomic E-state index is -0.0800. The van der Waals surface area contributed by atoms with E-state index >= 15 is 0 Å². The summed E-state index contributed by atoms with van der Waals surface area (Å²) in [6.45, 7) is 2.79. The monoisotopic (exact) mass is 236 g/mol. The molecule has 0 spiro atoms. The van der Waals surface area contributed by atoms with Crippen molar-refractivity contribution < 1.29 is 4.79 Å². The Kier molecular flexibility index (Phi) is 3.59. The second kappa shape index (κ2) is 4.98. The van der Waals surface area contributed by atoms with Crippen molar-refractivity contribution in [1.29, 1.82) is 0 Å². The Bertz CT molecular complexity index is 401. The summed E-state index contributed by atoms with van der Waals surface area (Å²) in [6.07, 6.45) is 4.60. The van der Waals surface area contributed by atoms with Crippen LogP contribution in [0.2, 0.25) is 0 Å². The predicted octanol–water partition coefficient (Wildman–Crippen LogP) is 0.239. The molecule has 0 saturated carbocycles. The maximum atomic E-state index is 12.4. The van der Waals surface area contributed by atoms with Gasteiger partial charge in [-0.15, -0.1) is 0 Å². The third kappa shape index (κ3) is 2.56. The molecular weight excluding hydrogens is 216 g/mol. The molecule has 94 valence electrons. The van der Waals surface area contributed by atoms with Crippen molar-refractivity contribution in [3.05, 3.63) is 18.2 Å². The fourth-order valence-corrected chi connectivity index (χ4v) is 2.31. The lowest BCUT2D eigenvalue weighted by atomic mass is 10.1. The van der Waals surface area contributed by atoms with E-state index in [0.29, 0.717) is 5.82 Å². The number of aromatic nitrogens is 2. The van der Waals surface area contributed by atoms with E-state index in [0.717, 1.165) is 26.1 Å². The first-order valence-corrected chi connectivity index (χ1v) is 6.00. The molecule has 5 nitrogen and oxygen atoms in total. The van der Waals surface area contributed by atoms with Crippen LogP contribution in [-0.4, -0.2) is 64.9 Å². The third-order valence-electron chi connectivity index (χ3n) is 3.41. The molecule has 1 aliphatic heterocycles. The average molecular weight is 236 g/mol. The van der Waals surface area contributed by atoms with Gasteiger partial charge in [-0.05, 0) is 33.6 Å². The van der Waals surface area contributed by atoms with Crippen LogP contribution in [0.3, 0.4) is 0 Å². The Labute approximate surface area is 102 Å². The molecule has 0 radical (unpaired) electrons. The van der Waals surface area contributed by atoms with Crippen molar-refractivity contribution in [3.8, 4) is 0 Å². The van der Waals surface area contributed by atoms with Gasteiger partial charge in [-0.1, -0.05) is 0 Å². The van der Waals surface area contributed by atoms with Gasteiger partial charge in [0.15, 0.2) is 5.82 Å². The molecule has 5 heteroatoms. The van der Waals surface area contributed by atoms with Gasteiger partial charge in [0, 0.05) is 26.0 Å². The van der Waals surface area contributed by atoms with E-state index in [1.807, 2.05) is 20.3 Å². The molecule has 17 heavy (non-hydrogen) atoms. The van der Waals surface area contributed by atoms with E-state index in [1.54, 1.807) is 10.8 Å². The van der Waals surface area contributed by atoms with Crippen LogP contribution in [0.25, 0.3) is 0 Å². The van der Waals surface area contributed by atoms with Crippen molar-refractivity contribution in [2.75, 3.05) is 33.7 Å².